The molecule has 206 valence electrons. The molecule has 0 N–H and O–H groups in total. The minimum atomic E-state index is 0.0456. The van der Waals surface area contributed by atoms with Gasteiger partial charge in [0.25, 0.3) is 0 Å². The Morgan fingerprint density at radius 1 is 0.769 bits per heavy atom. The third-order valence-corrected chi connectivity index (χ3v) is 10.8. The molecular weight excluding hydrogens is 558 g/mol. The number of fused-ring (bicyclic) bond motifs is 4. The van der Waals surface area contributed by atoms with Gasteiger partial charge in [-0.25, -0.2) is 4.98 Å². The standard InChI is InChI=1S/C36H44BrNS/c1-5-9-13-25(7-3)23-36(24-26(8-4)14-10-6-2)31-21-27(35-38-33-15-11-12-16-34(33)39-35)17-19-29(31)30-20-18-28(37)22-32(30)36/h11-12,15-22,25-26H,5-10,13-14,23-24H2,1-4H3. The van der Waals surface area contributed by atoms with Crippen molar-refractivity contribution < 1.29 is 0 Å². The summed E-state index contributed by atoms with van der Waals surface area (Å²) < 4.78 is 2.47. The lowest BCUT2D eigenvalue weighted by molar-refractivity contribution is 0.266. The first-order chi connectivity index (χ1) is 19.0. The maximum Gasteiger partial charge on any atom is 0.124 e. The Balaban J connectivity index is 1.69. The van der Waals surface area contributed by atoms with Gasteiger partial charge in [0.15, 0.2) is 0 Å². The van der Waals surface area contributed by atoms with Crippen LogP contribution in [-0.2, 0) is 5.41 Å². The highest BCUT2D eigenvalue weighted by Gasteiger charge is 2.45. The third kappa shape index (κ3) is 5.77. The van der Waals surface area contributed by atoms with Gasteiger partial charge in [-0.05, 0) is 77.3 Å². The van der Waals surface area contributed by atoms with E-state index < -0.39 is 0 Å². The van der Waals surface area contributed by atoms with Crippen molar-refractivity contribution in [2.24, 2.45) is 11.8 Å². The smallest absolute Gasteiger partial charge is 0.124 e. The monoisotopic (exact) mass is 601 g/mol. The van der Waals surface area contributed by atoms with Crippen LogP contribution >= 0.6 is 27.3 Å². The second kappa shape index (κ2) is 12.7. The van der Waals surface area contributed by atoms with Gasteiger partial charge in [0, 0.05) is 15.5 Å². The summed E-state index contributed by atoms with van der Waals surface area (Å²) >= 11 is 5.70. The lowest BCUT2D eigenvalue weighted by Crippen LogP contribution is -2.31. The first kappa shape index (κ1) is 28.6. The van der Waals surface area contributed by atoms with Gasteiger partial charge in [0.05, 0.1) is 10.2 Å². The summed E-state index contributed by atoms with van der Waals surface area (Å²) in [5, 5.41) is 1.14. The minimum Gasteiger partial charge on any atom is -0.236 e. The molecule has 0 saturated heterocycles. The molecule has 0 saturated carbocycles. The van der Waals surface area contributed by atoms with Crippen LogP contribution in [0.15, 0.2) is 65.1 Å². The summed E-state index contributed by atoms with van der Waals surface area (Å²) in [4.78, 5) is 5.07. The molecule has 1 heterocycles. The van der Waals surface area contributed by atoms with Crippen molar-refractivity contribution in [2.75, 3.05) is 0 Å². The lowest BCUT2D eigenvalue weighted by Gasteiger charge is -2.39. The molecule has 0 bridgehead atoms. The fourth-order valence-corrected chi connectivity index (χ4v) is 8.31. The topological polar surface area (TPSA) is 12.9 Å². The average Bonchev–Trinajstić information content (AvgIpc) is 3.50. The zero-order valence-corrected chi connectivity index (χ0v) is 26.6. The van der Waals surface area contributed by atoms with E-state index in [1.165, 1.54) is 90.1 Å². The number of para-hydroxylation sites is 1. The summed E-state index contributed by atoms with van der Waals surface area (Å²) in [7, 11) is 0. The first-order valence-corrected chi connectivity index (χ1v) is 16.9. The number of thiazole rings is 1. The van der Waals surface area contributed by atoms with Crippen LogP contribution in [0.4, 0.5) is 0 Å². The normalized spacial score (nSPS) is 17.8. The fourth-order valence-electron chi connectivity index (χ4n) is 6.99. The minimum absolute atomic E-state index is 0.0456. The number of aromatic nitrogens is 1. The molecular formula is C36H44BrNS. The van der Waals surface area contributed by atoms with Crippen molar-refractivity contribution in [1.82, 2.24) is 4.98 Å². The van der Waals surface area contributed by atoms with Gasteiger partial charge < -0.3 is 0 Å². The molecule has 0 fully saturated rings. The lowest BCUT2D eigenvalue weighted by atomic mass is 9.65. The van der Waals surface area contributed by atoms with Crippen LogP contribution in [-0.4, -0.2) is 4.98 Å². The predicted molar refractivity (Wildman–Crippen MR) is 175 cm³/mol. The van der Waals surface area contributed by atoms with E-state index in [4.69, 9.17) is 4.98 Å². The van der Waals surface area contributed by atoms with E-state index in [-0.39, 0.29) is 5.41 Å². The summed E-state index contributed by atoms with van der Waals surface area (Å²) in [5.41, 5.74) is 8.42. The Kier molecular flexibility index (Phi) is 9.29. The number of halogens is 1. The zero-order chi connectivity index (χ0) is 27.4. The van der Waals surface area contributed by atoms with Crippen LogP contribution in [0.5, 0.6) is 0 Å². The number of hydrogen-bond donors (Lipinski definition) is 0. The van der Waals surface area contributed by atoms with E-state index in [9.17, 15) is 0 Å². The Morgan fingerprint density at radius 2 is 1.38 bits per heavy atom. The highest BCUT2D eigenvalue weighted by Crippen LogP contribution is 2.57. The van der Waals surface area contributed by atoms with Gasteiger partial charge in [-0.1, -0.05) is 125 Å². The molecule has 2 unspecified atom stereocenters. The number of rotatable bonds is 13. The molecule has 5 rings (SSSR count). The second-order valence-electron chi connectivity index (χ2n) is 11.8. The van der Waals surface area contributed by atoms with Crippen molar-refractivity contribution in [3.05, 3.63) is 76.3 Å². The van der Waals surface area contributed by atoms with Crippen LogP contribution in [0.3, 0.4) is 0 Å². The molecule has 3 heteroatoms. The Bertz CT molecular complexity index is 1350. The molecule has 0 spiro atoms. The average molecular weight is 603 g/mol. The quantitative estimate of drug-likeness (QED) is 0.148. The number of benzene rings is 3. The highest BCUT2D eigenvalue weighted by atomic mass is 79.9. The third-order valence-electron chi connectivity index (χ3n) is 9.22. The molecule has 1 aliphatic rings. The summed E-state index contributed by atoms with van der Waals surface area (Å²) in [6.45, 7) is 9.50. The van der Waals surface area contributed by atoms with Crippen LogP contribution in [0.2, 0.25) is 0 Å². The Labute approximate surface area is 248 Å². The predicted octanol–water partition coefficient (Wildman–Crippen LogP) is 12.2. The van der Waals surface area contributed by atoms with E-state index in [2.05, 4.69) is 104 Å². The number of unbranched alkanes of at least 4 members (excludes halogenated alkanes) is 2. The van der Waals surface area contributed by atoms with Crippen LogP contribution in [0.1, 0.15) is 103 Å². The molecule has 39 heavy (non-hydrogen) atoms. The Morgan fingerprint density at radius 3 is 2.00 bits per heavy atom. The maximum absolute atomic E-state index is 5.07. The maximum atomic E-state index is 5.07. The largest absolute Gasteiger partial charge is 0.236 e. The van der Waals surface area contributed by atoms with E-state index in [0.29, 0.717) is 0 Å². The Hall–Kier alpha value is -1.97. The molecule has 3 aromatic carbocycles. The summed E-state index contributed by atoms with van der Waals surface area (Å²) in [6, 6.07) is 22.9. The van der Waals surface area contributed by atoms with Crippen molar-refractivity contribution in [3.63, 3.8) is 0 Å². The van der Waals surface area contributed by atoms with Gasteiger partial charge in [0.2, 0.25) is 0 Å². The van der Waals surface area contributed by atoms with Crippen LogP contribution < -0.4 is 0 Å². The van der Waals surface area contributed by atoms with Crippen molar-refractivity contribution in [1.29, 1.82) is 0 Å². The van der Waals surface area contributed by atoms with Gasteiger partial charge >= 0.3 is 0 Å². The van der Waals surface area contributed by atoms with Crippen molar-refractivity contribution in [3.8, 4) is 21.7 Å². The van der Waals surface area contributed by atoms with E-state index in [0.717, 1.165) is 22.4 Å². The fraction of sp³-hybridized carbons (Fsp3) is 0.472. The van der Waals surface area contributed by atoms with Crippen molar-refractivity contribution >= 4 is 37.5 Å². The molecule has 1 aromatic heterocycles. The highest BCUT2D eigenvalue weighted by molar-refractivity contribution is 9.10. The van der Waals surface area contributed by atoms with Gasteiger partial charge in [-0.2, -0.15) is 0 Å². The first-order valence-electron chi connectivity index (χ1n) is 15.3. The zero-order valence-electron chi connectivity index (χ0n) is 24.2. The van der Waals surface area contributed by atoms with Gasteiger partial charge in [-0.15, -0.1) is 11.3 Å². The molecule has 4 aromatic rings. The summed E-state index contributed by atoms with van der Waals surface area (Å²) in [5.74, 6) is 1.47. The second-order valence-corrected chi connectivity index (χ2v) is 13.7. The molecule has 1 nitrogen and oxygen atoms in total. The van der Waals surface area contributed by atoms with E-state index in [1.54, 1.807) is 11.1 Å². The molecule has 2 atom stereocenters. The van der Waals surface area contributed by atoms with Gasteiger partial charge in [0.1, 0.15) is 5.01 Å². The molecule has 0 amide bonds. The SMILES string of the molecule is CCCCC(CC)CC1(CC(CC)CCCC)c2cc(Br)ccc2-c2ccc(-c3nc4ccccc4s3)cc21. The van der Waals surface area contributed by atoms with Crippen LogP contribution in [0, 0.1) is 11.8 Å². The molecule has 1 aliphatic carbocycles. The van der Waals surface area contributed by atoms with E-state index in [1.807, 2.05) is 11.3 Å². The van der Waals surface area contributed by atoms with E-state index >= 15 is 0 Å². The van der Waals surface area contributed by atoms with Crippen LogP contribution in [0.25, 0.3) is 31.9 Å². The van der Waals surface area contributed by atoms with Gasteiger partial charge in [-0.3, -0.25) is 0 Å². The summed E-state index contributed by atoms with van der Waals surface area (Å²) in [6.07, 6.45) is 12.9. The van der Waals surface area contributed by atoms with Crippen molar-refractivity contribution in [2.45, 2.75) is 97.3 Å². The number of nitrogens with zero attached hydrogens (tertiary/aromatic N) is 1. The molecule has 0 radical (unpaired) electrons. The number of hydrogen-bond acceptors (Lipinski definition) is 2. The molecule has 0 aliphatic heterocycles.